The van der Waals surface area contributed by atoms with Crippen LogP contribution < -0.4 is 5.73 Å². The Morgan fingerprint density at radius 3 is 2.64 bits per heavy atom. The molecule has 0 unspecified atom stereocenters. The molecule has 0 saturated heterocycles. The van der Waals surface area contributed by atoms with Crippen LogP contribution in [0, 0.1) is 0 Å². The summed E-state index contributed by atoms with van der Waals surface area (Å²) in [6.07, 6.45) is 3.37. The van der Waals surface area contributed by atoms with E-state index in [0.29, 0.717) is 16.5 Å². The highest BCUT2D eigenvalue weighted by Crippen LogP contribution is 2.29. The van der Waals surface area contributed by atoms with E-state index in [0.717, 1.165) is 21.3 Å². The minimum atomic E-state index is -0.293. The maximum absolute atomic E-state index is 12.8. The van der Waals surface area contributed by atoms with Gasteiger partial charge in [-0.1, -0.05) is 17.4 Å². The molecule has 0 atom stereocenters. The van der Waals surface area contributed by atoms with Crippen LogP contribution in [-0.2, 0) is 0 Å². The summed E-state index contributed by atoms with van der Waals surface area (Å²) >= 11 is 1.43. The lowest BCUT2D eigenvalue weighted by Crippen LogP contribution is -2.36. The Bertz CT molecular complexity index is 1150. The second-order valence-electron chi connectivity index (χ2n) is 6.26. The number of aliphatic hydroxyl groups excluding tert-OH is 2. The van der Waals surface area contributed by atoms with Gasteiger partial charge in [0.25, 0.3) is 5.91 Å². The van der Waals surface area contributed by atoms with Crippen molar-refractivity contribution in [3.8, 4) is 11.1 Å². The number of nitrogen functional groups attached to an aromatic ring is 1. The van der Waals surface area contributed by atoms with Gasteiger partial charge in [0, 0.05) is 19.3 Å². The molecule has 1 aromatic carbocycles. The predicted octanol–water partition coefficient (Wildman–Crippen LogP) is 1.62. The van der Waals surface area contributed by atoms with Crippen molar-refractivity contribution in [2.75, 3.05) is 32.0 Å². The van der Waals surface area contributed by atoms with Crippen molar-refractivity contribution < 1.29 is 15.0 Å². The monoisotopic (exact) mass is 397 g/mol. The number of pyridine rings is 1. The van der Waals surface area contributed by atoms with Gasteiger partial charge in [0.05, 0.1) is 29.6 Å². The van der Waals surface area contributed by atoms with Gasteiger partial charge in [-0.05, 0) is 35.4 Å². The number of aromatic nitrogens is 3. The number of fused-ring (bicyclic) bond motifs is 2. The lowest BCUT2D eigenvalue weighted by atomic mass is 10.1. The van der Waals surface area contributed by atoms with Crippen molar-refractivity contribution in [1.29, 1.82) is 0 Å². The molecule has 4 N–H and O–H groups in total. The second kappa shape index (κ2) is 7.55. The lowest BCUT2D eigenvalue weighted by Gasteiger charge is -2.20. The molecule has 9 heteroatoms. The zero-order valence-corrected chi connectivity index (χ0v) is 15.8. The predicted molar refractivity (Wildman–Crippen MR) is 108 cm³/mol. The van der Waals surface area contributed by atoms with E-state index in [1.165, 1.54) is 22.4 Å². The highest BCUT2D eigenvalue weighted by molar-refractivity contribution is 7.22. The fourth-order valence-electron chi connectivity index (χ4n) is 3.15. The number of aliphatic hydroxyl groups is 2. The number of anilines is 1. The Kier molecular flexibility index (Phi) is 4.95. The van der Waals surface area contributed by atoms with Crippen molar-refractivity contribution in [3.63, 3.8) is 0 Å². The van der Waals surface area contributed by atoms with Crippen LogP contribution in [0.5, 0.6) is 0 Å². The molecule has 3 aromatic heterocycles. The molecule has 0 aliphatic rings. The van der Waals surface area contributed by atoms with E-state index in [-0.39, 0.29) is 32.2 Å². The van der Waals surface area contributed by atoms with Crippen LogP contribution in [0.4, 0.5) is 5.13 Å². The molecule has 4 rings (SSSR count). The molecule has 28 heavy (non-hydrogen) atoms. The van der Waals surface area contributed by atoms with Crippen molar-refractivity contribution in [1.82, 2.24) is 19.3 Å². The zero-order chi connectivity index (χ0) is 19.7. The normalized spacial score (nSPS) is 11.4. The third-order valence-electron chi connectivity index (χ3n) is 4.49. The van der Waals surface area contributed by atoms with Crippen molar-refractivity contribution in [3.05, 3.63) is 48.4 Å². The van der Waals surface area contributed by atoms with Crippen LogP contribution in [0.25, 0.3) is 27.0 Å². The Balaban J connectivity index is 1.75. The first-order valence-corrected chi connectivity index (χ1v) is 9.57. The van der Waals surface area contributed by atoms with Gasteiger partial charge in [-0.2, -0.15) is 0 Å². The summed E-state index contributed by atoms with van der Waals surface area (Å²) in [4.78, 5) is 22.8. The number of amides is 1. The molecule has 4 aromatic rings. The van der Waals surface area contributed by atoms with Gasteiger partial charge in [0.1, 0.15) is 11.3 Å². The molecular weight excluding hydrogens is 378 g/mol. The summed E-state index contributed by atoms with van der Waals surface area (Å²) in [7, 11) is 0. The van der Waals surface area contributed by atoms with Gasteiger partial charge < -0.3 is 20.8 Å². The van der Waals surface area contributed by atoms with Crippen molar-refractivity contribution in [2.24, 2.45) is 0 Å². The number of hydrogen-bond acceptors (Lipinski definition) is 7. The Morgan fingerprint density at radius 1 is 1.14 bits per heavy atom. The minimum absolute atomic E-state index is 0.149. The van der Waals surface area contributed by atoms with Crippen molar-refractivity contribution in [2.45, 2.75) is 0 Å². The van der Waals surface area contributed by atoms with Crippen LogP contribution >= 0.6 is 11.3 Å². The van der Waals surface area contributed by atoms with E-state index in [1.807, 2.05) is 36.5 Å². The molecule has 0 radical (unpaired) electrons. The maximum atomic E-state index is 12.8. The number of rotatable bonds is 6. The van der Waals surface area contributed by atoms with Crippen LogP contribution in [0.3, 0.4) is 0 Å². The molecular formula is C19H19N5O3S. The average molecular weight is 397 g/mol. The Morgan fingerprint density at radius 2 is 1.89 bits per heavy atom. The molecule has 0 saturated carbocycles. The summed E-state index contributed by atoms with van der Waals surface area (Å²) in [5.41, 5.74) is 9.56. The molecule has 1 amide bonds. The largest absolute Gasteiger partial charge is 0.395 e. The fourth-order valence-corrected chi connectivity index (χ4v) is 3.92. The fraction of sp³-hybridized carbons (Fsp3) is 0.211. The van der Waals surface area contributed by atoms with Crippen LogP contribution in [0.2, 0.25) is 0 Å². The number of imidazole rings is 1. The highest BCUT2D eigenvalue weighted by atomic mass is 32.1. The first-order chi connectivity index (χ1) is 13.6. The second-order valence-corrected chi connectivity index (χ2v) is 7.33. The summed E-state index contributed by atoms with van der Waals surface area (Å²) in [6, 6.07) is 9.70. The standard InChI is InChI=1S/C19H19N5O3S/c20-19-22-14-3-1-12(9-16(14)28-19)13-2-4-17-21-10-15(24(17)11-13)18(27)23(5-7-25)6-8-26/h1-4,9-11,25-26H,5-8H2,(H2,20,22). The van der Waals surface area contributed by atoms with Gasteiger partial charge in [0.2, 0.25) is 0 Å². The van der Waals surface area contributed by atoms with E-state index in [2.05, 4.69) is 9.97 Å². The van der Waals surface area contributed by atoms with E-state index in [9.17, 15) is 15.0 Å². The minimum Gasteiger partial charge on any atom is -0.395 e. The summed E-state index contributed by atoms with van der Waals surface area (Å²) in [5, 5.41) is 18.9. The van der Waals surface area contributed by atoms with Gasteiger partial charge in [-0.15, -0.1) is 0 Å². The first-order valence-electron chi connectivity index (χ1n) is 8.75. The van der Waals surface area contributed by atoms with E-state index >= 15 is 0 Å². The summed E-state index contributed by atoms with van der Waals surface area (Å²) in [6.45, 7) is -0.0526. The number of nitrogens with zero attached hydrogens (tertiary/aromatic N) is 4. The van der Waals surface area contributed by atoms with E-state index in [4.69, 9.17) is 5.73 Å². The van der Waals surface area contributed by atoms with E-state index < -0.39 is 0 Å². The summed E-state index contributed by atoms with van der Waals surface area (Å²) in [5.74, 6) is -0.293. The van der Waals surface area contributed by atoms with Gasteiger partial charge in [-0.3, -0.25) is 9.20 Å². The quantitative estimate of drug-likeness (QED) is 0.455. The molecule has 8 nitrogen and oxygen atoms in total. The SMILES string of the molecule is Nc1nc2ccc(-c3ccc4ncc(C(=O)N(CCO)CCO)n4c3)cc2s1. The molecule has 0 spiro atoms. The molecule has 0 aliphatic carbocycles. The topological polar surface area (TPSA) is 117 Å². The van der Waals surface area contributed by atoms with Crippen molar-refractivity contribution >= 4 is 38.2 Å². The van der Waals surface area contributed by atoms with Crippen LogP contribution in [0.15, 0.2) is 42.7 Å². The third-order valence-corrected chi connectivity index (χ3v) is 5.34. The number of hydrogen-bond donors (Lipinski definition) is 3. The zero-order valence-electron chi connectivity index (χ0n) is 14.9. The van der Waals surface area contributed by atoms with Gasteiger partial charge >= 0.3 is 0 Å². The number of nitrogens with two attached hydrogens (primary N) is 1. The molecule has 0 aliphatic heterocycles. The molecule has 0 bridgehead atoms. The number of benzene rings is 1. The number of carbonyl (C=O) groups excluding carboxylic acids is 1. The highest BCUT2D eigenvalue weighted by Gasteiger charge is 2.19. The number of carbonyl (C=O) groups is 1. The van der Waals surface area contributed by atoms with E-state index in [1.54, 1.807) is 4.40 Å². The van der Waals surface area contributed by atoms with Crippen LogP contribution in [-0.4, -0.2) is 61.7 Å². The average Bonchev–Trinajstić information content (AvgIpc) is 3.28. The lowest BCUT2D eigenvalue weighted by molar-refractivity contribution is 0.0678. The Hall–Kier alpha value is -3.01. The molecule has 3 heterocycles. The smallest absolute Gasteiger partial charge is 0.272 e. The first kappa shape index (κ1) is 18.4. The van der Waals surface area contributed by atoms with Gasteiger partial charge in [0.15, 0.2) is 5.13 Å². The Labute approximate surface area is 164 Å². The van der Waals surface area contributed by atoms with Gasteiger partial charge in [-0.25, -0.2) is 9.97 Å². The van der Waals surface area contributed by atoms with Crippen LogP contribution in [0.1, 0.15) is 10.5 Å². The third kappa shape index (κ3) is 3.31. The molecule has 0 fully saturated rings. The maximum Gasteiger partial charge on any atom is 0.272 e. The number of thiazole rings is 1. The molecule has 144 valence electrons. The summed E-state index contributed by atoms with van der Waals surface area (Å²) < 4.78 is 2.72.